The van der Waals surface area contributed by atoms with E-state index in [4.69, 9.17) is 4.74 Å². The minimum atomic E-state index is -3.18. The van der Waals surface area contributed by atoms with E-state index in [2.05, 4.69) is 10.0 Å². The Labute approximate surface area is 138 Å². The van der Waals surface area contributed by atoms with E-state index in [1.165, 1.54) is 0 Å². The second kappa shape index (κ2) is 8.44. The third-order valence-corrected chi connectivity index (χ3v) is 4.74. The SMILES string of the molecule is C[C@H]1OCCN[C@@H]1C(=O)N1CCCC(CNS(C)(=O)=O)C1.Cl. The number of nitrogens with one attached hydrogen (secondary N) is 2. The average Bonchev–Trinajstić information content (AvgIpc) is 2.44. The zero-order valence-electron chi connectivity index (χ0n) is 13.1. The Morgan fingerprint density at radius 1 is 1.45 bits per heavy atom. The molecule has 2 saturated heterocycles. The summed E-state index contributed by atoms with van der Waals surface area (Å²) in [4.78, 5) is 14.4. The van der Waals surface area contributed by atoms with Crippen molar-refractivity contribution in [3.05, 3.63) is 0 Å². The summed E-state index contributed by atoms with van der Waals surface area (Å²) in [5.74, 6) is 0.239. The fraction of sp³-hybridized carbons (Fsp3) is 0.923. The standard InChI is InChI=1S/C13H25N3O4S.ClH/c1-10-12(14-5-7-20-10)13(17)16-6-3-4-11(9-16)8-15-21(2,18)19;/h10-12,14-15H,3-9H2,1-2H3;1H/t10-,11?,12+;/m1./s1. The van der Waals surface area contributed by atoms with E-state index in [1.54, 1.807) is 0 Å². The lowest BCUT2D eigenvalue weighted by molar-refractivity contribution is -0.141. The van der Waals surface area contributed by atoms with Gasteiger partial charge in [0.1, 0.15) is 6.04 Å². The van der Waals surface area contributed by atoms with Crippen molar-refractivity contribution in [2.45, 2.75) is 31.9 Å². The van der Waals surface area contributed by atoms with Crippen LogP contribution in [0.2, 0.25) is 0 Å². The molecule has 22 heavy (non-hydrogen) atoms. The first kappa shape index (κ1) is 19.6. The molecule has 0 aromatic carbocycles. The lowest BCUT2D eigenvalue weighted by Crippen LogP contribution is -2.58. The zero-order valence-corrected chi connectivity index (χ0v) is 14.7. The van der Waals surface area contributed by atoms with Gasteiger partial charge in [-0.1, -0.05) is 0 Å². The number of rotatable bonds is 4. The monoisotopic (exact) mass is 355 g/mol. The Hall–Kier alpha value is -0.410. The van der Waals surface area contributed by atoms with Gasteiger partial charge in [-0.3, -0.25) is 4.79 Å². The molecule has 0 saturated carbocycles. The van der Waals surface area contributed by atoms with Crippen molar-refractivity contribution in [2.24, 2.45) is 5.92 Å². The summed E-state index contributed by atoms with van der Waals surface area (Å²) < 4.78 is 30.4. The molecule has 2 rings (SSSR count). The van der Waals surface area contributed by atoms with Gasteiger partial charge in [-0.05, 0) is 25.7 Å². The van der Waals surface area contributed by atoms with Crippen molar-refractivity contribution < 1.29 is 17.9 Å². The van der Waals surface area contributed by atoms with Crippen LogP contribution in [0.4, 0.5) is 0 Å². The second-order valence-corrected chi connectivity index (χ2v) is 7.75. The molecule has 7 nitrogen and oxygen atoms in total. The van der Waals surface area contributed by atoms with Gasteiger partial charge in [0, 0.05) is 26.2 Å². The number of carbonyl (C=O) groups is 1. The predicted molar refractivity (Wildman–Crippen MR) is 86.6 cm³/mol. The van der Waals surface area contributed by atoms with Crippen LogP contribution >= 0.6 is 12.4 Å². The number of amides is 1. The number of halogens is 1. The molecule has 130 valence electrons. The van der Waals surface area contributed by atoms with E-state index in [0.29, 0.717) is 26.2 Å². The molecule has 0 spiro atoms. The van der Waals surface area contributed by atoms with E-state index < -0.39 is 10.0 Å². The van der Waals surface area contributed by atoms with E-state index in [1.807, 2.05) is 11.8 Å². The van der Waals surface area contributed by atoms with Crippen molar-refractivity contribution in [1.29, 1.82) is 0 Å². The summed E-state index contributed by atoms with van der Waals surface area (Å²) in [6, 6.07) is -0.291. The summed E-state index contributed by atoms with van der Waals surface area (Å²) in [5, 5.41) is 3.21. The molecule has 2 fully saturated rings. The Morgan fingerprint density at radius 3 is 2.82 bits per heavy atom. The second-order valence-electron chi connectivity index (χ2n) is 5.92. The number of ether oxygens (including phenoxy) is 1. The van der Waals surface area contributed by atoms with Crippen LogP contribution in [-0.2, 0) is 19.6 Å². The first-order chi connectivity index (χ1) is 9.87. The molecule has 2 heterocycles. The Morgan fingerprint density at radius 2 is 2.18 bits per heavy atom. The van der Waals surface area contributed by atoms with Gasteiger partial charge in [0.2, 0.25) is 15.9 Å². The molecule has 0 aromatic heterocycles. The average molecular weight is 356 g/mol. The highest BCUT2D eigenvalue weighted by Gasteiger charge is 2.34. The Kier molecular flexibility index (Phi) is 7.54. The summed E-state index contributed by atoms with van der Waals surface area (Å²) in [6.07, 6.45) is 2.88. The van der Waals surface area contributed by atoms with Crippen LogP contribution in [-0.4, -0.2) is 70.4 Å². The van der Waals surface area contributed by atoms with E-state index in [0.717, 1.165) is 25.6 Å². The zero-order chi connectivity index (χ0) is 15.5. The normalized spacial score (nSPS) is 29.7. The van der Waals surface area contributed by atoms with Gasteiger partial charge in [-0.25, -0.2) is 13.1 Å². The van der Waals surface area contributed by atoms with Crippen LogP contribution in [0, 0.1) is 5.92 Å². The molecular weight excluding hydrogens is 330 g/mol. The van der Waals surface area contributed by atoms with Gasteiger partial charge in [0.05, 0.1) is 19.0 Å². The van der Waals surface area contributed by atoms with Gasteiger partial charge in [-0.15, -0.1) is 12.4 Å². The molecular formula is C13H26ClN3O4S. The molecule has 0 aliphatic carbocycles. The van der Waals surface area contributed by atoms with Crippen molar-refractivity contribution in [1.82, 2.24) is 14.9 Å². The largest absolute Gasteiger partial charge is 0.375 e. The number of likely N-dealkylation sites (tertiary alicyclic amines) is 1. The summed E-state index contributed by atoms with van der Waals surface area (Å²) >= 11 is 0. The minimum Gasteiger partial charge on any atom is -0.375 e. The van der Waals surface area contributed by atoms with E-state index in [9.17, 15) is 13.2 Å². The van der Waals surface area contributed by atoms with Gasteiger partial charge in [-0.2, -0.15) is 0 Å². The molecule has 9 heteroatoms. The first-order valence-electron chi connectivity index (χ1n) is 7.45. The van der Waals surface area contributed by atoms with Crippen molar-refractivity contribution in [3.8, 4) is 0 Å². The van der Waals surface area contributed by atoms with Crippen molar-refractivity contribution in [3.63, 3.8) is 0 Å². The highest BCUT2D eigenvalue weighted by atomic mass is 35.5. The highest BCUT2D eigenvalue weighted by Crippen LogP contribution is 2.18. The topological polar surface area (TPSA) is 87.7 Å². The van der Waals surface area contributed by atoms with E-state index >= 15 is 0 Å². The van der Waals surface area contributed by atoms with Gasteiger partial charge < -0.3 is 15.0 Å². The molecule has 1 unspecified atom stereocenters. The fourth-order valence-electron chi connectivity index (χ4n) is 2.91. The van der Waals surface area contributed by atoms with Crippen LogP contribution in [0.5, 0.6) is 0 Å². The maximum atomic E-state index is 12.6. The Balaban J connectivity index is 0.00000242. The molecule has 0 aromatic rings. The predicted octanol–water partition coefficient (Wildman–Crippen LogP) is -0.427. The van der Waals surface area contributed by atoms with Crippen LogP contribution < -0.4 is 10.0 Å². The van der Waals surface area contributed by atoms with Gasteiger partial charge in [0.25, 0.3) is 0 Å². The molecule has 3 atom stereocenters. The van der Waals surface area contributed by atoms with Crippen LogP contribution in [0.1, 0.15) is 19.8 Å². The lowest BCUT2D eigenvalue weighted by atomic mass is 9.97. The molecule has 0 bridgehead atoms. The number of sulfonamides is 1. The molecule has 0 radical (unpaired) electrons. The van der Waals surface area contributed by atoms with Crippen molar-refractivity contribution in [2.75, 3.05) is 39.0 Å². The maximum Gasteiger partial charge on any atom is 0.242 e. The smallest absolute Gasteiger partial charge is 0.242 e. The number of piperidine rings is 1. The quantitative estimate of drug-likeness (QED) is 0.714. The molecule has 2 aliphatic heterocycles. The summed E-state index contributed by atoms with van der Waals surface area (Å²) in [6.45, 7) is 4.96. The Bertz CT molecular complexity index is 474. The molecule has 1 amide bonds. The van der Waals surface area contributed by atoms with Crippen molar-refractivity contribution >= 4 is 28.3 Å². The third-order valence-electron chi connectivity index (χ3n) is 4.05. The number of hydrogen-bond acceptors (Lipinski definition) is 5. The first-order valence-corrected chi connectivity index (χ1v) is 9.34. The number of morpholine rings is 1. The third kappa shape index (κ3) is 5.66. The van der Waals surface area contributed by atoms with Gasteiger partial charge in [0.15, 0.2) is 0 Å². The maximum absolute atomic E-state index is 12.6. The number of nitrogens with zero attached hydrogens (tertiary/aromatic N) is 1. The van der Waals surface area contributed by atoms with Gasteiger partial charge >= 0.3 is 0 Å². The summed E-state index contributed by atoms with van der Waals surface area (Å²) in [5.41, 5.74) is 0. The molecule has 2 N–H and O–H groups in total. The summed E-state index contributed by atoms with van der Waals surface area (Å²) in [7, 11) is -3.18. The fourth-order valence-corrected chi connectivity index (χ4v) is 3.45. The highest BCUT2D eigenvalue weighted by molar-refractivity contribution is 7.88. The minimum absolute atomic E-state index is 0. The number of carbonyl (C=O) groups excluding carboxylic acids is 1. The van der Waals surface area contributed by atoms with E-state index in [-0.39, 0.29) is 36.4 Å². The molecule has 2 aliphatic rings. The lowest BCUT2D eigenvalue weighted by Gasteiger charge is -2.38. The van der Waals surface area contributed by atoms with Crippen LogP contribution in [0.3, 0.4) is 0 Å². The van der Waals surface area contributed by atoms with Crippen LogP contribution in [0.15, 0.2) is 0 Å². The number of hydrogen-bond donors (Lipinski definition) is 2. The van der Waals surface area contributed by atoms with Crippen LogP contribution in [0.25, 0.3) is 0 Å².